The minimum Gasteiger partial charge on any atom is -0.353 e. The van der Waals surface area contributed by atoms with Gasteiger partial charge in [0.2, 0.25) is 5.91 Å². The van der Waals surface area contributed by atoms with Gasteiger partial charge in [0, 0.05) is 39.3 Å². The minimum atomic E-state index is -0.562. The van der Waals surface area contributed by atoms with Crippen molar-refractivity contribution in [2.24, 2.45) is 4.99 Å². The summed E-state index contributed by atoms with van der Waals surface area (Å²) in [5.74, 6) is -0.467. The number of amides is 1. The first-order chi connectivity index (χ1) is 12.4. The van der Waals surface area contributed by atoms with Gasteiger partial charge in [0.25, 0.3) is 0 Å². The summed E-state index contributed by atoms with van der Waals surface area (Å²) in [6.45, 7) is 1.03. The van der Waals surface area contributed by atoms with Crippen molar-refractivity contribution in [1.29, 1.82) is 0 Å². The van der Waals surface area contributed by atoms with Crippen LogP contribution >= 0.6 is 24.0 Å². The number of aliphatic imine (C=N–C) groups is 1. The molecule has 0 saturated heterocycles. The molecule has 1 saturated carbocycles. The van der Waals surface area contributed by atoms with Crippen molar-refractivity contribution in [2.75, 3.05) is 27.2 Å². The van der Waals surface area contributed by atoms with Gasteiger partial charge in [0.1, 0.15) is 18.2 Å². The maximum atomic E-state index is 14.0. The average molecular weight is 492 g/mol. The van der Waals surface area contributed by atoms with Crippen molar-refractivity contribution in [3.8, 4) is 0 Å². The van der Waals surface area contributed by atoms with Crippen molar-refractivity contribution in [3.05, 3.63) is 34.9 Å². The first-order valence-corrected chi connectivity index (χ1v) is 9.17. The predicted molar refractivity (Wildman–Crippen MR) is 112 cm³/mol. The molecular formula is C19H27F2IN4O. The van der Waals surface area contributed by atoms with Crippen molar-refractivity contribution in [1.82, 2.24) is 15.1 Å². The van der Waals surface area contributed by atoms with Crippen LogP contribution in [0.15, 0.2) is 17.1 Å². The highest BCUT2D eigenvalue weighted by atomic mass is 127. The standard InChI is InChI=1S/C19H26F2N4O.HI/c1-24(2)18(26)11-22-19(23-15-5-3-4-6-15)25-8-7-16-13(12-25)9-14(20)10-17(16)21;/h9-10,15H,3-8,11-12H2,1-2H3,(H,22,23);1H. The van der Waals surface area contributed by atoms with Crippen molar-refractivity contribution < 1.29 is 13.6 Å². The lowest BCUT2D eigenvalue weighted by Crippen LogP contribution is -2.47. The normalized spacial score (nSPS) is 17.3. The molecule has 0 bridgehead atoms. The van der Waals surface area contributed by atoms with E-state index in [0.717, 1.165) is 18.9 Å². The molecule has 0 aromatic heterocycles. The van der Waals surface area contributed by atoms with Crippen molar-refractivity contribution >= 4 is 35.8 Å². The number of halogens is 3. The van der Waals surface area contributed by atoms with Crippen LogP contribution in [0.3, 0.4) is 0 Å². The molecule has 2 aliphatic rings. The van der Waals surface area contributed by atoms with Gasteiger partial charge < -0.3 is 15.1 Å². The maximum absolute atomic E-state index is 14.0. The van der Waals surface area contributed by atoms with Gasteiger partial charge in [-0.2, -0.15) is 0 Å². The van der Waals surface area contributed by atoms with E-state index in [4.69, 9.17) is 0 Å². The van der Waals surface area contributed by atoms with E-state index in [-0.39, 0.29) is 36.4 Å². The molecule has 1 aromatic carbocycles. The molecule has 1 heterocycles. The summed E-state index contributed by atoms with van der Waals surface area (Å²) in [5, 5.41) is 3.46. The Labute approximate surface area is 176 Å². The Morgan fingerprint density at radius 2 is 2.00 bits per heavy atom. The fourth-order valence-corrected chi connectivity index (χ4v) is 3.56. The Kier molecular flexibility index (Phi) is 7.81. The highest BCUT2D eigenvalue weighted by molar-refractivity contribution is 14.0. The van der Waals surface area contributed by atoms with Gasteiger partial charge in [-0.25, -0.2) is 13.8 Å². The van der Waals surface area contributed by atoms with Crippen LogP contribution < -0.4 is 5.32 Å². The van der Waals surface area contributed by atoms with Crippen LogP contribution in [0.5, 0.6) is 0 Å². The van der Waals surface area contributed by atoms with Crippen molar-refractivity contribution in [3.63, 3.8) is 0 Å². The fourth-order valence-electron chi connectivity index (χ4n) is 3.56. The molecular weight excluding hydrogens is 465 g/mol. The second-order valence-electron chi connectivity index (χ2n) is 7.25. The third-order valence-corrected chi connectivity index (χ3v) is 5.10. The van der Waals surface area contributed by atoms with E-state index >= 15 is 0 Å². The lowest BCUT2D eigenvalue weighted by atomic mass is 9.99. The number of carbonyl (C=O) groups is 1. The van der Waals surface area contributed by atoms with Gasteiger partial charge in [-0.15, -0.1) is 24.0 Å². The second kappa shape index (κ2) is 9.66. The first-order valence-electron chi connectivity index (χ1n) is 9.17. The molecule has 150 valence electrons. The van der Waals surface area contributed by atoms with Gasteiger partial charge in [-0.3, -0.25) is 4.79 Å². The second-order valence-corrected chi connectivity index (χ2v) is 7.25. The summed E-state index contributed by atoms with van der Waals surface area (Å²) in [6, 6.07) is 2.67. The molecule has 1 amide bonds. The smallest absolute Gasteiger partial charge is 0.243 e. The van der Waals surface area contributed by atoms with Gasteiger partial charge in [0.15, 0.2) is 5.96 Å². The summed E-state index contributed by atoms with van der Waals surface area (Å²) < 4.78 is 27.6. The molecule has 1 aliphatic heterocycles. The van der Waals surface area contributed by atoms with Gasteiger partial charge in [-0.05, 0) is 36.5 Å². The lowest BCUT2D eigenvalue weighted by molar-refractivity contribution is -0.127. The Hall–Kier alpha value is -1.45. The van der Waals surface area contributed by atoms with Crippen LogP contribution in [-0.4, -0.2) is 54.9 Å². The molecule has 3 rings (SSSR count). The number of rotatable bonds is 3. The van der Waals surface area contributed by atoms with Crippen LogP contribution in [-0.2, 0) is 17.8 Å². The highest BCUT2D eigenvalue weighted by Crippen LogP contribution is 2.24. The number of guanidine groups is 1. The van der Waals surface area contributed by atoms with E-state index in [1.807, 2.05) is 4.90 Å². The van der Waals surface area contributed by atoms with Crippen LogP contribution in [0.1, 0.15) is 36.8 Å². The fraction of sp³-hybridized carbons (Fsp3) is 0.579. The SMILES string of the molecule is CN(C)C(=O)CN=C(NC1CCCC1)N1CCc2c(F)cc(F)cc2C1.I. The molecule has 0 spiro atoms. The zero-order valence-corrected chi connectivity index (χ0v) is 18.1. The molecule has 0 unspecified atom stereocenters. The van der Waals surface area contributed by atoms with Gasteiger partial charge in [0.05, 0.1) is 0 Å². The Balaban J connectivity index is 0.00000261. The largest absolute Gasteiger partial charge is 0.353 e. The van der Waals surface area contributed by atoms with E-state index < -0.39 is 11.6 Å². The topological polar surface area (TPSA) is 47.9 Å². The Morgan fingerprint density at radius 1 is 1.30 bits per heavy atom. The minimum absolute atomic E-state index is 0. The number of hydrogen-bond acceptors (Lipinski definition) is 2. The van der Waals surface area contributed by atoms with Crippen LogP contribution in [0.2, 0.25) is 0 Å². The molecule has 1 aliphatic carbocycles. The van der Waals surface area contributed by atoms with Gasteiger partial charge >= 0.3 is 0 Å². The zero-order chi connectivity index (χ0) is 18.7. The molecule has 1 fully saturated rings. The van der Waals surface area contributed by atoms with Gasteiger partial charge in [-0.1, -0.05) is 12.8 Å². The Bertz CT molecular complexity index is 705. The number of nitrogens with zero attached hydrogens (tertiary/aromatic N) is 3. The number of benzene rings is 1. The average Bonchev–Trinajstić information content (AvgIpc) is 3.10. The number of likely N-dealkylation sites (N-methyl/N-ethyl adjacent to an activating group) is 1. The number of fused-ring (bicyclic) bond motifs is 1. The number of hydrogen-bond donors (Lipinski definition) is 1. The van der Waals surface area contributed by atoms with Crippen LogP contribution in [0.4, 0.5) is 8.78 Å². The lowest BCUT2D eigenvalue weighted by Gasteiger charge is -2.33. The monoisotopic (exact) mass is 492 g/mol. The van der Waals surface area contributed by atoms with Crippen LogP contribution in [0, 0.1) is 11.6 Å². The summed E-state index contributed by atoms with van der Waals surface area (Å²) in [6.07, 6.45) is 5.01. The Morgan fingerprint density at radius 3 is 2.67 bits per heavy atom. The zero-order valence-electron chi connectivity index (χ0n) is 15.8. The van der Waals surface area contributed by atoms with E-state index in [9.17, 15) is 13.6 Å². The molecule has 0 atom stereocenters. The quantitative estimate of drug-likeness (QED) is 0.401. The van der Waals surface area contributed by atoms with Crippen LogP contribution in [0.25, 0.3) is 0 Å². The first kappa shape index (κ1) is 21.8. The van der Waals surface area contributed by atoms with Crippen molar-refractivity contribution in [2.45, 2.75) is 44.7 Å². The van der Waals surface area contributed by atoms with E-state index in [1.165, 1.54) is 23.8 Å². The molecule has 0 radical (unpaired) electrons. The molecule has 27 heavy (non-hydrogen) atoms. The maximum Gasteiger partial charge on any atom is 0.243 e. The molecule has 1 N–H and O–H groups in total. The number of carbonyl (C=O) groups excluding carboxylic acids is 1. The summed E-state index contributed by atoms with van der Waals surface area (Å²) in [7, 11) is 3.40. The number of nitrogens with one attached hydrogen (secondary N) is 1. The van der Waals surface area contributed by atoms with E-state index in [1.54, 1.807) is 14.1 Å². The summed E-state index contributed by atoms with van der Waals surface area (Å²) >= 11 is 0. The third kappa shape index (κ3) is 5.52. The van der Waals surface area contributed by atoms with E-state index in [0.29, 0.717) is 42.6 Å². The molecule has 5 nitrogen and oxygen atoms in total. The highest BCUT2D eigenvalue weighted by Gasteiger charge is 2.25. The predicted octanol–water partition coefficient (Wildman–Crippen LogP) is 2.92. The molecule has 1 aromatic rings. The molecule has 8 heteroatoms. The van der Waals surface area contributed by atoms with E-state index in [2.05, 4.69) is 10.3 Å². The third-order valence-electron chi connectivity index (χ3n) is 5.10. The summed E-state index contributed by atoms with van der Waals surface area (Å²) in [4.78, 5) is 19.9. The summed E-state index contributed by atoms with van der Waals surface area (Å²) in [5.41, 5.74) is 1.22.